The highest BCUT2D eigenvalue weighted by molar-refractivity contribution is 6.31. The molecule has 0 fully saturated rings. The minimum Gasteiger partial charge on any atom is -0.478 e. The topological polar surface area (TPSA) is 133 Å². The van der Waals surface area contributed by atoms with Gasteiger partial charge < -0.3 is 20.8 Å². The number of carbonyl (C=O) groups is 4. The number of aryl methyl sites for hydroxylation is 2. The van der Waals surface area contributed by atoms with Gasteiger partial charge in [-0.25, -0.2) is 9.59 Å². The molecule has 0 saturated heterocycles. The molecule has 54 heavy (non-hydrogen) atoms. The van der Waals surface area contributed by atoms with E-state index in [1.807, 2.05) is 60.7 Å². The molecule has 0 radical (unpaired) electrons. The predicted octanol–water partition coefficient (Wildman–Crippen LogP) is 10.5. The number of rotatable bonds is 11. The lowest BCUT2D eigenvalue weighted by molar-refractivity contribution is 0.0687. The van der Waals surface area contributed by atoms with Gasteiger partial charge in [-0.15, -0.1) is 0 Å². The summed E-state index contributed by atoms with van der Waals surface area (Å²) >= 11 is 12.0. The number of carboxylic acid groups (broad SMARTS) is 2. The standard InChI is InChI=1S/C22H18ClNO3.C22H16ClNO3/c2*23-18-8-4-5-15(13-18)9-10-16-11-12-19(22(26)27)20(14-16)24-21(25)17-6-2-1-3-7-17/h1-8,11-14H,9-10H2,(H,24,25)(H,26,27);1-14H,(H,24,25)(H,26,27)/b;10-9+. The summed E-state index contributed by atoms with van der Waals surface area (Å²) in [5, 5.41) is 25.5. The Hall–Kier alpha value is -6.48. The summed E-state index contributed by atoms with van der Waals surface area (Å²) in [4.78, 5) is 47.8. The second kappa shape index (κ2) is 18.8. The van der Waals surface area contributed by atoms with Gasteiger partial charge in [0.15, 0.2) is 0 Å². The molecule has 6 rings (SSSR count). The van der Waals surface area contributed by atoms with Crippen LogP contribution in [0, 0.1) is 0 Å². The normalized spacial score (nSPS) is 10.6. The van der Waals surface area contributed by atoms with Crippen molar-refractivity contribution in [1.29, 1.82) is 0 Å². The van der Waals surface area contributed by atoms with Crippen molar-refractivity contribution in [2.75, 3.05) is 10.6 Å². The largest absolute Gasteiger partial charge is 0.478 e. The number of nitrogens with one attached hydrogen (secondary N) is 2. The minimum absolute atomic E-state index is 0.0270. The summed E-state index contributed by atoms with van der Waals surface area (Å²) < 4.78 is 0. The van der Waals surface area contributed by atoms with E-state index in [1.54, 1.807) is 84.9 Å². The SMILES string of the molecule is O=C(Nc1cc(/C=C/c2cccc(Cl)c2)ccc1C(=O)O)c1ccccc1.O=C(Nc1cc(CCc2cccc(Cl)c2)ccc1C(=O)O)c1ccccc1. The van der Waals surface area contributed by atoms with E-state index in [9.17, 15) is 29.4 Å². The van der Waals surface area contributed by atoms with Crippen LogP contribution in [0.15, 0.2) is 146 Å². The zero-order valence-electron chi connectivity index (χ0n) is 28.7. The molecule has 0 heterocycles. The molecular formula is C44H34Cl2N2O6. The molecule has 8 nitrogen and oxygen atoms in total. The molecule has 2 amide bonds. The van der Waals surface area contributed by atoms with Crippen molar-refractivity contribution in [1.82, 2.24) is 0 Å². The van der Waals surface area contributed by atoms with Gasteiger partial charge in [0.25, 0.3) is 11.8 Å². The second-order valence-corrected chi connectivity index (χ2v) is 12.8. The Labute approximate surface area is 322 Å². The molecular weight excluding hydrogens is 723 g/mol. The van der Waals surface area contributed by atoms with E-state index in [4.69, 9.17) is 23.2 Å². The molecule has 6 aromatic carbocycles. The minimum atomic E-state index is -1.11. The van der Waals surface area contributed by atoms with E-state index in [0.29, 0.717) is 33.3 Å². The molecule has 0 aliphatic rings. The average molecular weight is 758 g/mol. The monoisotopic (exact) mass is 756 g/mol. The first-order valence-corrected chi connectivity index (χ1v) is 17.5. The summed E-state index contributed by atoms with van der Waals surface area (Å²) in [6.45, 7) is 0. The molecule has 0 atom stereocenters. The maximum absolute atomic E-state index is 12.4. The lowest BCUT2D eigenvalue weighted by Gasteiger charge is -2.11. The van der Waals surface area contributed by atoms with Gasteiger partial charge in [-0.2, -0.15) is 0 Å². The highest BCUT2D eigenvalue weighted by atomic mass is 35.5. The van der Waals surface area contributed by atoms with E-state index < -0.39 is 11.9 Å². The molecule has 0 aromatic heterocycles. The van der Waals surface area contributed by atoms with Crippen LogP contribution < -0.4 is 10.6 Å². The van der Waals surface area contributed by atoms with Gasteiger partial charge in [-0.05, 0) is 108 Å². The number of anilines is 2. The van der Waals surface area contributed by atoms with Crippen LogP contribution in [0.4, 0.5) is 11.4 Å². The highest BCUT2D eigenvalue weighted by Gasteiger charge is 2.16. The quantitative estimate of drug-likeness (QED) is 0.0973. The molecule has 6 aromatic rings. The van der Waals surface area contributed by atoms with Crippen LogP contribution in [-0.2, 0) is 12.8 Å². The third kappa shape index (κ3) is 11.3. The van der Waals surface area contributed by atoms with E-state index in [0.717, 1.165) is 28.7 Å². The number of aromatic carboxylic acids is 2. The van der Waals surface area contributed by atoms with E-state index in [1.165, 1.54) is 12.1 Å². The van der Waals surface area contributed by atoms with Crippen LogP contribution in [0.3, 0.4) is 0 Å². The molecule has 0 saturated carbocycles. The number of hydrogen-bond acceptors (Lipinski definition) is 4. The fourth-order valence-corrected chi connectivity index (χ4v) is 5.76. The van der Waals surface area contributed by atoms with Crippen LogP contribution >= 0.6 is 23.2 Å². The molecule has 0 aliphatic heterocycles. The number of amides is 2. The van der Waals surface area contributed by atoms with Crippen molar-refractivity contribution in [3.05, 3.63) is 200 Å². The van der Waals surface area contributed by atoms with Crippen LogP contribution in [0.1, 0.15) is 63.7 Å². The maximum atomic E-state index is 12.4. The first-order chi connectivity index (χ1) is 26.0. The summed E-state index contributed by atoms with van der Waals surface area (Å²) in [6, 6.07) is 42.1. The third-order valence-corrected chi connectivity index (χ3v) is 8.54. The van der Waals surface area contributed by atoms with Gasteiger partial charge in [0.2, 0.25) is 0 Å². The zero-order chi connectivity index (χ0) is 38.5. The van der Waals surface area contributed by atoms with E-state index in [2.05, 4.69) is 10.6 Å². The Morgan fingerprint density at radius 1 is 0.481 bits per heavy atom. The van der Waals surface area contributed by atoms with Gasteiger partial charge in [0.1, 0.15) is 0 Å². The fraction of sp³-hybridized carbons (Fsp3) is 0.0455. The van der Waals surface area contributed by atoms with Gasteiger partial charge >= 0.3 is 11.9 Å². The number of carboxylic acids is 2. The average Bonchev–Trinajstić information content (AvgIpc) is 3.17. The first kappa shape index (κ1) is 38.7. The Balaban J connectivity index is 0.000000208. The first-order valence-electron chi connectivity index (χ1n) is 16.7. The van der Waals surface area contributed by atoms with Crippen LogP contribution in [0.25, 0.3) is 12.2 Å². The Kier molecular flexibility index (Phi) is 13.5. The van der Waals surface area contributed by atoms with Crippen molar-refractivity contribution in [2.24, 2.45) is 0 Å². The second-order valence-electron chi connectivity index (χ2n) is 12.0. The number of benzene rings is 6. The molecule has 0 spiro atoms. The lowest BCUT2D eigenvalue weighted by Crippen LogP contribution is -2.15. The van der Waals surface area contributed by atoms with Crippen molar-refractivity contribution >= 4 is 70.5 Å². The number of halogens is 2. The van der Waals surface area contributed by atoms with Crippen LogP contribution in [0.5, 0.6) is 0 Å². The Morgan fingerprint density at radius 3 is 1.46 bits per heavy atom. The molecule has 4 N–H and O–H groups in total. The predicted molar refractivity (Wildman–Crippen MR) is 215 cm³/mol. The van der Waals surface area contributed by atoms with Gasteiger partial charge in [0, 0.05) is 21.2 Å². The van der Waals surface area contributed by atoms with Crippen LogP contribution in [0.2, 0.25) is 10.0 Å². The summed E-state index contributed by atoms with van der Waals surface area (Å²) in [6.07, 6.45) is 5.16. The zero-order valence-corrected chi connectivity index (χ0v) is 30.2. The number of hydrogen-bond donors (Lipinski definition) is 4. The molecule has 10 heteroatoms. The number of carbonyl (C=O) groups excluding carboxylic acids is 2. The summed E-state index contributed by atoms with van der Waals surface area (Å²) in [5.41, 5.74) is 5.24. The van der Waals surface area contributed by atoms with Gasteiger partial charge in [-0.1, -0.05) is 108 Å². The van der Waals surface area contributed by atoms with Crippen molar-refractivity contribution in [3.8, 4) is 0 Å². The molecule has 0 bridgehead atoms. The molecule has 270 valence electrons. The van der Waals surface area contributed by atoms with Crippen molar-refractivity contribution in [3.63, 3.8) is 0 Å². The fourth-order valence-electron chi connectivity index (χ4n) is 5.34. The van der Waals surface area contributed by atoms with Crippen molar-refractivity contribution < 1.29 is 29.4 Å². The Morgan fingerprint density at radius 2 is 0.944 bits per heavy atom. The van der Waals surface area contributed by atoms with Gasteiger partial charge in [0.05, 0.1) is 22.5 Å². The highest BCUT2D eigenvalue weighted by Crippen LogP contribution is 2.23. The summed E-state index contributed by atoms with van der Waals surface area (Å²) in [7, 11) is 0. The van der Waals surface area contributed by atoms with Gasteiger partial charge in [-0.3, -0.25) is 9.59 Å². The lowest BCUT2D eigenvalue weighted by atomic mass is 10.0. The molecule has 0 unspecified atom stereocenters. The van der Waals surface area contributed by atoms with E-state index >= 15 is 0 Å². The smallest absolute Gasteiger partial charge is 0.337 e. The van der Waals surface area contributed by atoms with Crippen LogP contribution in [-0.4, -0.2) is 34.0 Å². The Bertz CT molecular complexity index is 2310. The third-order valence-electron chi connectivity index (χ3n) is 8.07. The van der Waals surface area contributed by atoms with Crippen molar-refractivity contribution in [2.45, 2.75) is 12.8 Å². The summed E-state index contributed by atoms with van der Waals surface area (Å²) in [5.74, 6) is -2.90. The molecule has 0 aliphatic carbocycles. The maximum Gasteiger partial charge on any atom is 0.337 e. The van der Waals surface area contributed by atoms with E-state index in [-0.39, 0.29) is 28.6 Å².